The number of halogens is 1. The molecule has 1 aliphatic heterocycles. The summed E-state index contributed by atoms with van der Waals surface area (Å²) in [4.78, 5) is 63.0. The molecule has 0 spiro atoms. The number of thiazole rings is 1. The van der Waals surface area contributed by atoms with Gasteiger partial charge in [0, 0.05) is 51.8 Å². The highest BCUT2D eigenvalue weighted by molar-refractivity contribution is 7.16. The number of benzene rings is 2. The van der Waals surface area contributed by atoms with Gasteiger partial charge in [0.15, 0.2) is 11.0 Å². The van der Waals surface area contributed by atoms with E-state index in [0.717, 1.165) is 69.5 Å². The van der Waals surface area contributed by atoms with E-state index < -0.39 is 6.04 Å². The number of fused-ring (bicyclic) bond motifs is 3. The maximum atomic E-state index is 13.2. The van der Waals surface area contributed by atoms with Crippen LogP contribution in [0.2, 0.25) is 5.02 Å². The van der Waals surface area contributed by atoms with Crippen LogP contribution in [0.3, 0.4) is 0 Å². The number of rotatable bonds is 17. The Morgan fingerprint density at radius 2 is 1.43 bits per heavy atom. The number of aliphatic imine (C=N–C) groups is 1. The molecule has 6 rings (SSSR count). The summed E-state index contributed by atoms with van der Waals surface area (Å²) in [6.45, 7) is 10.5. The number of hydrogen-bond acceptors (Lipinski definition) is 10. The third-order valence-corrected chi connectivity index (χ3v) is 12.4. The van der Waals surface area contributed by atoms with Crippen LogP contribution in [-0.2, 0) is 14.4 Å². The largest absolute Gasteiger partial charge is 0.354 e. The summed E-state index contributed by atoms with van der Waals surface area (Å²) < 4.78 is 2.01. The molecule has 0 radical (unpaired) electrons. The molecule has 3 aromatic heterocycles. The first-order valence-electron chi connectivity index (χ1n) is 19.4. The van der Waals surface area contributed by atoms with E-state index in [9.17, 15) is 19.2 Å². The molecule has 0 bridgehead atoms. The number of hydrogen-bond donors (Lipinski definition) is 4. The lowest BCUT2D eigenvalue weighted by molar-refractivity contribution is -0.123. The Kier molecular flexibility index (Phi) is 14.2. The van der Waals surface area contributed by atoms with Crippen molar-refractivity contribution < 1.29 is 19.2 Å². The molecule has 16 heteroatoms. The number of nitrogens with zero attached hydrogens (tertiary/aromatic N) is 5. The van der Waals surface area contributed by atoms with Gasteiger partial charge in [-0.1, -0.05) is 55.1 Å². The molecular weight excluding hydrogens is 794 g/mol. The molecule has 1 atom stereocenters. The normalized spacial score (nSPS) is 13.2. The lowest BCUT2D eigenvalue weighted by Gasteiger charge is -2.13. The topological polar surface area (TPSA) is 172 Å². The van der Waals surface area contributed by atoms with Gasteiger partial charge in [-0.15, -0.1) is 32.9 Å². The molecule has 4 heterocycles. The average Bonchev–Trinajstić information content (AvgIpc) is 3.80. The number of nitrogens with one attached hydrogen (secondary N) is 4. The van der Waals surface area contributed by atoms with Crippen molar-refractivity contribution in [3.05, 3.63) is 103 Å². The molecule has 4 amide bonds. The van der Waals surface area contributed by atoms with Crippen molar-refractivity contribution >= 4 is 74.4 Å². The van der Waals surface area contributed by atoms with Gasteiger partial charge in [0.2, 0.25) is 17.7 Å². The van der Waals surface area contributed by atoms with E-state index in [1.54, 1.807) is 35.6 Å². The zero-order chi connectivity index (χ0) is 41.3. The first-order chi connectivity index (χ1) is 27.9. The minimum Gasteiger partial charge on any atom is -0.354 e. The first kappa shape index (κ1) is 42.4. The Morgan fingerprint density at radius 3 is 2.14 bits per heavy atom. The van der Waals surface area contributed by atoms with Crippen molar-refractivity contribution in [3.8, 4) is 5.00 Å². The Hall–Kier alpha value is -5.25. The lowest BCUT2D eigenvalue weighted by atomic mass is 9.99. The molecule has 304 valence electrons. The molecule has 5 aromatic rings. The summed E-state index contributed by atoms with van der Waals surface area (Å²) in [5, 5.41) is 22.5. The molecule has 0 unspecified atom stereocenters. The van der Waals surface area contributed by atoms with E-state index in [1.807, 2.05) is 49.6 Å². The van der Waals surface area contributed by atoms with E-state index in [4.69, 9.17) is 16.6 Å². The second-order valence-electron chi connectivity index (χ2n) is 14.3. The molecule has 2 aromatic carbocycles. The number of aromatic nitrogens is 4. The Bertz CT molecular complexity index is 2310. The van der Waals surface area contributed by atoms with E-state index in [2.05, 4.69) is 50.3 Å². The van der Waals surface area contributed by atoms with Gasteiger partial charge in [-0.2, -0.15) is 0 Å². The third kappa shape index (κ3) is 10.4. The van der Waals surface area contributed by atoms with Crippen LogP contribution in [-0.4, -0.2) is 62.2 Å². The number of para-hydroxylation sites is 1. The second kappa shape index (κ2) is 19.5. The van der Waals surface area contributed by atoms with Crippen LogP contribution in [0.1, 0.15) is 112 Å². The summed E-state index contributed by atoms with van der Waals surface area (Å²) in [7, 11) is 0. The van der Waals surface area contributed by atoms with Crippen LogP contribution in [0.25, 0.3) is 5.00 Å². The molecule has 0 saturated heterocycles. The van der Waals surface area contributed by atoms with Crippen LogP contribution in [0.4, 0.5) is 10.8 Å². The summed E-state index contributed by atoms with van der Waals surface area (Å²) in [5.41, 5.74) is 5.51. The maximum Gasteiger partial charge on any atom is 0.259 e. The molecule has 4 N–H and O–H groups in total. The highest BCUT2D eigenvalue weighted by Gasteiger charge is 2.32. The zero-order valence-corrected chi connectivity index (χ0v) is 35.7. The number of unbranched alkanes of at least 4 members (excludes halogenated alkanes) is 4. The summed E-state index contributed by atoms with van der Waals surface area (Å²) in [5.74, 6) is 0.573. The average molecular weight is 842 g/mol. The van der Waals surface area contributed by atoms with Crippen LogP contribution >= 0.6 is 34.3 Å². The van der Waals surface area contributed by atoms with Crippen molar-refractivity contribution in [2.45, 2.75) is 92.0 Å². The highest BCUT2D eigenvalue weighted by atomic mass is 35.5. The molecular formula is C42H48ClN9O4S2. The van der Waals surface area contributed by atoms with Crippen molar-refractivity contribution in [2.24, 2.45) is 4.99 Å². The minimum absolute atomic E-state index is 0.0651. The lowest BCUT2D eigenvalue weighted by Crippen LogP contribution is -2.35. The Balaban J connectivity index is 0.889. The number of amides is 4. The fourth-order valence-corrected chi connectivity index (χ4v) is 8.82. The van der Waals surface area contributed by atoms with Crippen molar-refractivity contribution in [1.82, 2.24) is 30.4 Å². The smallest absolute Gasteiger partial charge is 0.259 e. The number of aryl methyl sites for hydroxylation is 4. The third-order valence-electron chi connectivity index (χ3n) is 10.0. The Morgan fingerprint density at radius 1 is 0.759 bits per heavy atom. The molecule has 0 saturated carbocycles. The highest BCUT2D eigenvalue weighted by Crippen LogP contribution is 2.39. The van der Waals surface area contributed by atoms with Gasteiger partial charge in [-0.25, -0.2) is 4.98 Å². The predicted octanol–water partition coefficient (Wildman–Crippen LogP) is 8.12. The van der Waals surface area contributed by atoms with Crippen LogP contribution in [0.15, 0.2) is 53.5 Å². The number of carbonyl (C=O) groups excluding carboxylic acids is 4. The zero-order valence-electron chi connectivity index (χ0n) is 33.3. The van der Waals surface area contributed by atoms with Gasteiger partial charge in [0.1, 0.15) is 16.9 Å². The van der Waals surface area contributed by atoms with E-state index in [1.165, 1.54) is 16.2 Å². The second-order valence-corrected chi connectivity index (χ2v) is 17.1. The fourth-order valence-electron chi connectivity index (χ4n) is 6.67. The van der Waals surface area contributed by atoms with Crippen LogP contribution in [0, 0.1) is 34.6 Å². The molecule has 13 nitrogen and oxygen atoms in total. The fraction of sp³-hybridized carbons (Fsp3) is 0.381. The monoisotopic (exact) mass is 841 g/mol. The van der Waals surface area contributed by atoms with E-state index in [0.29, 0.717) is 53.0 Å². The predicted molar refractivity (Wildman–Crippen MR) is 231 cm³/mol. The van der Waals surface area contributed by atoms with Gasteiger partial charge in [-0.3, -0.25) is 34.1 Å². The number of thiophene rings is 1. The standard InChI is InChI=1S/C42H48ClN9O4S2/c1-24-26(3)57-41-37(24)38(29-17-19-30(43)20-18-29)48-33(39-51-50-28(5)52(39)41)23-36(55)45-22-21-44-34(53)15-9-7-6-8-10-16-35(54)47-32-14-12-11-13-31(32)40(56)49-42-46-25(2)27(4)58-42/h11-14,17-20,33H,6-10,15-16,21-23H2,1-5H3,(H,44,53)(H,45,55)(H,47,54)(H,46,49,56)/t33-/m0/s1. The van der Waals surface area contributed by atoms with Crippen molar-refractivity contribution in [3.63, 3.8) is 0 Å². The minimum atomic E-state index is -0.575. The van der Waals surface area contributed by atoms with E-state index >= 15 is 0 Å². The SMILES string of the molecule is Cc1nc(NC(=O)c2ccccc2NC(=O)CCCCCCCC(=O)NCCNC(=O)C[C@@H]2N=C(c3ccc(Cl)cc3)c3c(sc(C)c3C)-n3c(C)nnc32)sc1C. The number of carbonyl (C=O) groups is 4. The number of anilines is 2. The molecule has 58 heavy (non-hydrogen) atoms. The summed E-state index contributed by atoms with van der Waals surface area (Å²) >= 11 is 9.28. The summed E-state index contributed by atoms with van der Waals surface area (Å²) in [6, 6.07) is 13.9. The Labute approximate surface area is 351 Å². The van der Waals surface area contributed by atoms with Gasteiger partial charge < -0.3 is 16.0 Å². The van der Waals surface area contributed by atoms with E-state index in [-0.39, 0.29) is 36.6 Å². The van der Waals surface area contributed by atoms with Gasteiger partial charge >= 0.3 is 0 Å². The molecule has 0 aliphatic carbocycles. The maximum absolute atomic E-state index is 13.2. The van der Waals surface area contributed by atoms with Crippen LogP contribution in [0.5, 0.6) is 0 Å². The van der Waals surface area contributed by atoms with Crippen molar-refractivity contribution in [1.29, 1.82) is 0 Å². The quantitative estimate of drug-likeness (QED) is 0.0685. The molecule has 1 aliphatic rings. The van der Waals surface area contributed by atoms with Gasteiger partial charge in [0.25, 0.3) is 5.91 Å². The first-order valence-corrected chi connectivity index (χ1v) is 21.4. The van der Waals surface area contributed by atoms with Gasteiger partial charge in [-0.05, 0) is 77.3 Å². The summed E-state index contributed by atoms with van der Waals surface area (Å²) in [6.07, 6.45) is 4.81. The molecule has 0 fully saturated rings. The van der Waals surface area contributed by atoms with Crippen molar-refractivity contribution in [2.75, 3.05) is 23.7 Å². The van der Waals surface area contributed by atoms with Crippen LogP contribution < -0.4 is 21.3 Å². The van der Waals surface area contributed by atoms with Gasteiger partial charge in [0.05, 0.1) is 29.1 Å².